The predicted octanol–water partition coefficient (Wildman–Crippen LogP) is 4.00. The molecule has 106 valence electrons. The van der Waals surface area contributed by atoms with Crippen LogP contribution in [0.1, 0.15) is 24.2 Å². The number of rotatable bonds is 4. The van der Waals surface area contributed by atoms with Gasteiger partial charge in [0, 0.05) is 0 Å². The van der Waals surface area contributed by atoms with Crippen molar-refractivity contribution in [1.29, 1.82) is 0 Å². The molecule has 1 aromatic carbocycles. The quantitative estimate of drug-likeness (QED) is 0.479. The summed E-state index contributed by atoms with van der Waals surface area (Å²) < 4.78 is 5.47. The monoisotopic (exact) mass is 312 g/mol. The van der Waals surface area contributed by atoms with E-state index < -0.39 is 0 Å². The van der Waals surface area contributed by atoms with E-state index in [0.29, 0.717) is 11.8 Å². The molecule has 20 heavy (non-hydrogen) atoms. The number of carbonyl (C=O) groups is 2. The van der Waals surface area contributed by atoms with Crippen molar-refractivity contribution in [1.82, 2.24) is 0 Å². The summed E-state index contributed by atoms with van der Waals surface area (Å²) in [4.78, 5) is 23.1. The van der Waals surface area contributed by atoms with E-state index in [1.807, 2.05) is 13.8 Å². The Morgan fingerprint density at radius 2 is 1.95 bits per heavy atom. The third-order valence-electron chi connectivity index (χ3n) is 3.73. The van der Waals surface area contributed by atoms with Gasteiger partial charge in [-0.2, -0.15) is 0 Å². The summed E-state index contributed by atoms with van der Waals surface area (Å²) in [6.45, 7) is 3.89. The number of esters is 1. The zero-order chi connectivity index (χ0) is 14.9. The van der Waals surface area contributed by atoms with Gasteiger partial charge in [-0.3, -0.25) is 9.59 Å². The molecule has 3 nitrogen and oxygen atoms in total. The standard InChI is InChI=1S/C15H14Cl2O3/c1-15(2)10(7-12(16)17)13(15)14(19)20-11-6-4-3-5-9(11)8-18/h3-8,10,13H,1-2H3. The molecule has 1 aliphatic carbocycles. The Kier molecular flexibility index (Phi) is 4.21. The predicted molar refractivity (Wildman–Crippen MR) is 78.0 cm³/mol. The minimum absolute atomic E-state index is 0.0524. The number of benzene rings is 1. The summed E-state index contributed by atoms with van der Waals surface area (Å²) in [6.07, 6.45) is 2.31. The molecule has 0 aliphatic heterocycles. The van der Waals surface area contributed by atoms with Crippen molar-refractivity contribution in [3.05, 3.63) is 40.4 Å². The molecule has 1 fully saturated rings. The molecule has 2 rings (SSSR count). The molecule has 0 saturated heterocycles. The van der Waals surface area contributed by atoms with Crippen LogP contribution in [-0.2, 0) is 4.79 Å². The van der Waals surface area contributed by atoms with E-state index >= 15 is 0 Å². The molecule has 5 heteroatoms. The lowest BCUT2D eigenvalue weighted by atomic mass is 10.1. The zero-order valence-corrected chi connectivity index (χ0v) is 12.6. The van der Waals surface area contributed by atoms with E-state index in [1.165, 1.54) is 0 Å². The number of allylic oxidation sites excluding steroid dienone is 1. The number of halogens is 2. The molecule has 0 heterocycles. The normalized spacial score (nSPS) is 22.8. The van der Waals surface area contributed by atoms with Crippen molar-refractivity contribution in [3.8, 4) is 5.75 Å². The summed E-state index contributed by atoms with van der Waals surface area (Å²) in [6, 6.07) is 6.61. The first-order chi connectivity index (χ1) is 9.37. The first-order valence-corrected chi connectivity index (χ1v) is 6.92. The highest BCUT2D eigenvalue weighted by atomic mass is 35.5. The van der Waals surface area contributed by atoms with E-state index in [1.54, 1.807) is 30.3 Å². The van der Waals surface area contributed by atoms with Gasteiger partial charge in [0.05, 0.1) is 11.5 Å². The number of aldehydes is 1. The minimum Gasteiger partial charge on any atom is -0.426 e. The van der Waals surface area contributed by atoms with E-state index in [0.717, 1.165) is 0 Å². The second-order valence-electron chi connectivity index (χ2n) is 5.36. The first-order valence-electron chi connectivity index (χ1n) is 6.16. The van der Waals surface area contributed by atoms with Crippen LogP contribution in [0.4, 0.5) is 0 Å². The van der Waals surface area contributed by atoms with E-state index in [4.69, 9.17) is 27.9 Å². The van der Waals surface area contributed by atoms with Crippen LogP contribution < -0.4 is 4.74 Å². The molecule has 0 spiro atoms. The summed E-state index contributed by atoms with van der Waals surface area (Å²) in [5.41, 5.74) is 0.101. The second-order valence-corrected chi connectivity index (χ2v) is 6.37. The molecule has 2 atom stereocenters. The summed E-state index contributed by atoms with van der Waals surface area (Å²) in [7, 11) is 0. The van der Waals surface area contributed by atoms with Crippen LogP contribution in [-0.4, -0.2) is 12.3 Å². The summed E-state index contributed by atoms with van der Waals surface area (Å²) in [5, 5.41) is 0. The largest absolute Gasteiger partial charge is 0.426 e. The third-order valence-corrected chi connectivity index (χ3v) is 3.98. The SMILES string of the molecule is CC1(C)C(C=C(Cl)Cl)C1C(=O)Oc1ccccc1C=O. The van der Waals surface area contributed by atoms with Gasteiger partial charge in [-0.05, 0) is 29.5 Å². The minimum atomic E-state index is -0.375. The molecule has 1 aliphatic rings. The van der Waals surface area contributed by atoms with Crippen LogP contribution in [0.15, 0.2) is 34.8 Å². The topological polar surface area (TPSA) is 43.4 Å². The van der Waals surface area contributed by atoms with Crippen LogP contribution in [0.5, 0.6) is 5.75 Å². The first kappa shape index (κ1) is 15.1. The maximum atomic E-state index is 12.2. The van der Waals surface area contributed by atoms with Gasteiger partial charge in [-0.1, -0.05) is 49.2 Å². The molecule has 0 amide bonds. The maximum Gasteiger partial charge on any atom is 0.315 e. The fourth-order valence-corrected chi connectivity index (χ4v) is 2.69. The molecule has 1 aromatic rings. The average Bonchev–Trinajstić information content (AvgIpc) is 2.90. The lowest BCUT2D eigenvalue weighted by Crippen LogP contribution is -2.14. The molecular formula is C15H14Cl2O3. The van der Waals surface area contributed by atoms with Crippen molar-refractivity contribution in [2.24, 2.45) is 17.3 Å². The van der Waals surface area contributed by atoms with Gasteiger partial charge in [-0.25, -0.2) is 0 Å². The molecule has 0 radical (unpaired) electrons. The number of hydrogen-bond acceptors (Lipinski definition) is 3. The van der Waals surface area contributed by atoms with Gasteiger partial charge in [0.1, 0.15) is 10.2 Å². The van der Waals surface area contributed by atoms with E-state index in [9.17, 15) is 9.59 Å². The average molecular weight is 313 g/mol. The van der Waals surface area contributed by atoms with Crippen LogP contribution in [0.25, 0.3) is 0 Å². The Bertz CT molecular complexity index is 574. The van der Waals surface area contributed by atoms with Gasteiger partial charge in [0.2, 0.25) is 0 Å². The number of carbonyl (C=O) groups excluding carboxylic acids is 2. The highest BCUT2D eigenvalue weighted by Gasteiger charge is 2.61. The molecule has 0 aromatic heterocycles. The van der Waals surface area contributed by atoms with Gasteiger partial charge in [-0.15, -0.1) is 0 Å². The second kappa shape index (κ2) is 5.58. The Labute approximate surface area is 127 Å². The third kappa shape index (κ3) is 2.89. The lowest BCUT2D eigenvalue weighted by Gasteiger charge is -2.06. The van der Waals surface area contributed by atoms with E-state index in [-0.39, 0.29) is 33.5 Å². The Balaban J connectivity index is 2.14. The molecule has 0 N–H and O–H groups in total. The molecular weight excluding hydrogens is 299 g/mol. The smallest absolute Gasteiger partial charge is 0.315 e. The van der Waals surface area contributed by atoms with Gasteiger partial charge >= 0.3 is 5.97 Å². The Morgan fingerprint density at radius 1 is 1.30 bits per heavy atom. The molecule has 0 bridgehead atoms. The van der Waals surface area contributed by atoms with Crippen molar-refractivity contribution in [2.75, 3.05) is 0 Å². The number of ether oxygens (including phenoxy) is 1. The highest BCUT2D eigenvalue weighted by Crippen LogP contribution is 2.60. The lowest BCUT2D eigenvalue weighted by molar-refractivity contribution is -0.136. The van der Waals surface area contributed by atoms with Crippen LogP contribution in [0.2, 0.25) is 0 Å². The van der Waals surface area contributed by atoms with Crippen molar-refractivity contribution < 1.29 is 14.3 Å². The fourth-order valence-electron chi connectivity index (χ4n) is 2.42. The van der Waals surface area contributed by atoms with Crippen molar-refractivity contribution in [2.45, 2.75) is 13.8 Å². The van der Waals surface area contributed by atoms with Crippen LogP contribution >= 0.6 is 23.2 Å². The maximum absolute atomic E-state index is 12.2. The fraction of sp³-hybridized carbons (Fsp3) is 0.333. The number of hydrogen-bond donors (Lipinski definition) is 0. The Hall–Kier alpha value is -1.32. The zero-order valence-electron chi connectivity index (χ0n) is 11.1. The van der Waals surface area contributed by atoms with Gasteiger partial charge < -0.3 is 4.74 Å². The van der Waals surface area contributed by atoms with Crippen LogP contribution in [0, 0.1) is 17.3 Å². The van der Waals surface area contributed by atoms with Gasteiger partial charge in [0.15, 0.2) is 6.29 Å². The van der Waals surface area contributed by atoms with Crippen molar-refractivity contribution in [3.63, 3.8) is 0 Å². The van der Waals surface area contributed by atoms with Crippen LogP contribution in [0.3, 0.4) is 0 Å². The van der Waals surface area contributed by atoms with E-state index in [2.05, 4.69) is 0 Å². The summed E-state index contributed by atoms with van der Waals surface area (Å²) in [5.74, 6) is -0.465. The molecule has 2 unspecified atom stereocenters. The highest BCUT2D eigenvalue weighted by molar-refractivity contribution is 6.55. The van der Waals surface area contributed by atoms with Gasteiger partial charge in [0.25, 0.3) is 0 Å². The summed E-state index contributed by atoms with van der Waals surface area (Å²) >= 11 is 11.3. The number of para-hydroxylation sites is 1. The van der Waals surface area contributed by atoms with Crippen molar-refractivity contribution >= 4 is 35.5 Å². The molecule has 1 saturated carbocycles. The Morgan fingerprint density at radius 3 is 2.55 bits per heavy atom.